The van der Waals surface area contributed by atoms with E-state index in [1.54, 1.807) is 7.05 Å². The van der Waals surface area contributed by atoms with Crippen LogP contribution < -0.4 is 10.0 Å². The van der Waals surface area contributed by atoms with Crippen molar-refractivity contribution in [2.45, 2.75) is 13.0 Å². The number of rotatable bonds is 7. The highest BCUT2D eigenvalue weighted by molar-refractivity contribution is 7.97. The highest BCUT2D eigenvalue weighted by Crippen LogP contribution is 2.10. The first kappa shape index (κ1) is 14.7. The third kappa shape index (κ3) is 4.43. The molecule has 20 heavy (non-hydrogen) atoms. The van der Waals surface area contributed by atoms with Crippen LogP contribution >= 0.6 is 11.9 Å². The van der Waals surface area contributed by atoms with Gasteiger partial charge in [-0.25, -0.2) is 9.78 Å². The summed E-state index contributed by atoms with van der Waals surface area (Å²) in [6.07, 6.45) is 0.870. The first-order valence-corrected chi connectivity index (χ1v) is 7.39. The van der Waals surface area contributed by atoms with Crippen molar-refractivity contribution in [3.63, 3.8) is 0 Å². The average molecular weight is 294 g/mol. The molecule has 108 valence electrons. The van der Waals surface area contributed by atoms with Gasteiger partial charge in [0.25, 0.3) is 0 Å². The molecule has 0 fully saturated rings. The number of carbonyl (C=O) groups excluding carboxylic acids is 1. The van der Waals surface area contributed by atoms with E-state index in [0.29, 0.717) is 13.2 Å². The zero-order chi connectivity index (χ0) is 14.2. The lowest BCUT2D eigenvalue weighted by atomic mass is 10.3. The number of nitrogens with zero attached hydrogens (tertiary/aromatic N) is 1. The molecule has 0 saturated heterocycles. The molecule has 0 atom stereocenters. The number of aromatic amines is 1. The van der Waals surface area contributed by atoms with E-state index in [1.807, 2.05) is 24.3 Å². The maximum Gasteiger partial charge on any atom is 0.324 e. The summed E-state index contributed by atoms with van der Waals surface area (Å²) < 4.78 is 8.20. The Morgan fingerprint density at radius 1 is 1.45 bits per heavy atom. The Kier molecular flexibility index (Phi) is 5.69. The van der Waals surface area contributed by atoms with Crippen LogP contribution in [-0.2, 0) is 11.3 Å². The molecule has 2 amide bonds. The van der Waals surface area contributed by atoms with Gasteiger partial charge in [0.05, 0.1) is 11.0 Å². The second kappa shape index (κ2) is 7.76. The summed E-state index contributed by atoms with van der Waals surface area (Å²) in [6, 6.07) is 7.72. The number of aromatic nitrogens is 2. The Morgan fingerprint density at radius 3 is 3.10 bits per heavy atom. The van der Waals surface area contributed by atoms with Crippen molar-refractivity contribution in [2.24, 2.45) is 0 Å². The highest BCUT2D eigenvalue weighted by atomic mass is 32.2. The molecule has 1 aromatic carbocycles. The first-order valence-electron chi connectivity index (χ1n) is 6.40. The fourth-order valence-corrected chi connectivity index (χ4v) is 2.24. The van der Waals surface area contributed by atoms with Crippen LogP contribution in [0, 0.1) is 0 Å². The molecular formula is C13H18N4O2S. The molecule has 2 rings (SSSR count). The molecule has 3 N–H and O–H groups in total. The number of hydrogen-bond donors (Lipinski definition) is 3. The normalized spacial score (nSPS) is 10.7. The number of imidazole rings is 1. The minimum atomic E-state index is -0.182. The van der Waals surface area contributed by atoms with Crippen molar-refractivity contribution >= 4 is 29.0 Å². The van der Waals surface area contributed by atoms with Gasteiger partial charge in [0.1, 0.15) is 12.4 Å². The average Bonchev–Trinajstić information content (AvgIpc) is 2.88. The van der Waals surface area contributed by atoms with E-state index >= 15 is 0 Å². The monoisotopic (exact) mass is 294 g/mol. The predicted molar refractivity (Wildman–Crippen MR) is 80.4 cm³/mol. The Bertz CT molecular complexity index is 525. The smallest absolute Gasteiger partial charge is 0.324 e. The number of para-hydroxylation sites is 2. The molecule has 0 aliphatic carbocycles. The van der Waals surface area contributed by atoms with Crippen LogP contribution in [0.1, 0.15) is 12.2 Å². The molecule has 0 saturated carbocycles. The van der Waals surface area contributed by atoms with Crippen molar-refractivity contribution in [3.8, 4) is 0 Å². The van der Waals surface area contributed by atoms with Crippen LogP contribution in [0.25, 0.3) is 11.0 Å². The Morgan fingerprint density at radius 2 is 2.30 bits per heavy atom. The zero-order valence-electron chi connectivity index (χ0n) is 11.3. The van der Waals surface area contributed by atoms with Crippen molar-refractivity contribution in [2.75, 3.05) is 19.4 Å². The minimum absolute atomic E-state index is 0.182. The Balaban J connectivity index is 1.60. The van der Waals surface area contributed by atoms with Gasteiger partial charge in [-0.3, -0.25) is 4.72 Å². The molecule has 6 nitrogen and oxygen atoms in total. The largest absolute Gasteiger partial charge is 0.374 e. The number of H-pyrrole nitrogens is 1. The lowest BCUT2D eigenvalue weighted by molar-refractivity contribution is 0.117. The summed E-state index contributed by atoms with van der Waals surface area (Å²) >= 11 is 1.37. The maximum atomic E-state index is 10.9. The summed E-state index contributed by atoms with van der Waals surface area (Å²) in [7, 11) is 1.59. The molecule has 0 unspecified atom stereocenters. The van der Waals surface area contributed by atoms with Gasteiger partial charge in [-0.15, -0.1) is 0 Å². The number of fused-ring (bicyclic) bond motifs is 1. The van der Waals surface area contributed by atoms with E-state index in [9.17, 15) is 4.79 Å². The van der Waals surface area contributed by atoms with E-state index in [2.05, 4.69) is 20.0 Å². The second-order valence-corrected chi connectivity index (χ2v) is 5.04. The molecule has 1 aromatic heterocycles. The van der Waals surface area contributed by atoms with E-state index in [0.717, 1.165) is 29.0 Å². The zero-order valence-corrected chi connectivity index (χ0v) is 12.1. The number of amides is 2. The number of carbonyl (C=O) groups is 1. The van der Waals surface area contributed by atoms with Gasteiger partial charge in [-0.05, 0) is 30.5 Å². The van der Waals surface area contributed by atoms with E-state index in [-0.39, 0.29) is 6.03 Å². The molecule has 0 spiro atoms. The summed E-state index contributed by atoms with van der Waals surface area (Å²) in [6.45, 7) is 1.11. The van der Waals surface area contributed by atoms with E-state index in [1.165, 1.54) is 11.9 Å². The van der Waals surface area contributed by atoms with Gasteiger partial charge in [-0.1, -0.05) is 12.1 Å². The number of hydrogen-bond acceptors (Lipinski definition) is 4. The van der Waals surface area contributed by atoms with Crippen LogP contribution in [0.15, 0.2) is 24.3 Å². The third-order valence-corrected chi connectivity index (χ3v) is 3.43. The predicted octanol–water partition coefficient (Wildman–Crippen LogP) is 2.05. The fourth-order valence-electron chi connectivity index (χ4n) is 1.64. The molecule has 0 radical (unpaired) electrons. The van der Waals surface area contributed by atoms with Crippen LogP contribution in [0.2, 0.25) is 0 Å². The van der Waals surface area contributed by atoms with Crippen molar-refractivity contribution < 1.29 is 9.53 Å². The van der Waals surface area contributed by atoms with Gasteiger partial charge < -0.3 is 15.0 Å². The van der Waals surface area contributed by atoms with Crippen LogP contribution in [0.4, 0.5) is 4.79 Å². The van der Waals surface area contributed by atoms with Crippen LogP contribution in [0.3, 0.4) is 0 Å². The summed E-state index contributed by atoms with van der Waals surface area (Å²) in [4.78, 5) is 18.5. The van der Waals surface area contributed by atoms with E-state index < -0.39 is 0 Å². The summed E-state index contributed by atoms with van der Waals surface area (Å²) in [5, 5.41) is 2.49. The maximum absolute atomic E-state index is 10.9. The number of ether oxygens (including phenoxy) is 1. The molecule has 7 heteroatoms. The van der Waals surface area contributed by atoms with Gasteiger partial charge >= 0.3 is 6.03 Å². The minimum Gasteiger partial charge on any atom is -0.374 e. The lowest BCUT2D eigenvalue weighted by Gasteiger charge is -2.03. The molecule has 1 heterocycles. The molecule has 0 bridgehead atoms. The quantitative estimate of drug-likeness (QED) is 0.539. The highest BCUT2D eigenvalue weighted by Gasteiger charge is 2.01. The number of benzene rings is 1. The lowest BCUT2D eigenvalue weighted by Crippen LogP contribution is -2.27. The summed E-state index contributed by atoms with van der Waals surface area (Å²) in [5.41, 5.74) is 1.98. The molecular weight excluding hydrogens is 276 g/mol. The van der Waals surface area contributed by atoms with Crippen molar-refractivity contribution in [1.29, 1.82) is 0 Å². The van der Waals surface area contributed by atoms with Crippen molar-refractivity contribution in [3.05, 3.63) is 30.1 Å². The fraction of sp³-hybridized carbons (Fsp3) is 0.385. The Labute approximate surface area is 121 Å². The number of urea groups is 1. The topological polar surface area (TPSA) is 79.0 Å². The van der Waals surface area contributed by atoms with Gasteiger partial charge in [0.2, 0.25) is 0 Å². The molecule has 0 aliphatic heterocycles. The Hall–Kier alpha value is -1.73. The van der Waals surface area contributed by atoms with Crippen molar-refractivity contribution in [1.82, 2.24) is 20.0 Å². The summed E-state index contributed by atoms with van der Waals surface area (Å²) in [5.74, 6) is 1.65. The molecule has 0 aliphatic rings. The standard InChI is InChI=1S/C13H18N4O2S/c1-14-13(18)17-20-8-4-7-19-9-12-15-10-5-2-3-6-11(10)16-12/h2-3,5-6H,4,7-9H2,1H3,(H,15,16)(H2,14,17,18). The van der Waals surface area contributed by atoms with Crippen LogP contribution in [-0.4, -0.2) is 35.4 Å². The third-order valence-electron chi connectivity index (χ3n) is 2.60. The van der Waals surface area contributed by atoms with Gasteiger partial charge in [-0.2, -0.15) is 0 Å². The first-order chi connectivity index (χ1) is 9.79. The van der Waals surface area contributed by atoms with Gasteiger partial charge in [0, 0.05) is 19.4 Å². The van der Waals surface area contributed by atoms with Gasteiger partial charge in [0.15, 0.2) is 0 Å². The van der Waals surface area contributed by atoms with E-state index in [4.69, 9.17) is 4.74 Å². The SMILES string of the molecule is CNC(=O)NSCCCOCc1nc2ccccc2[nH]1. The second-order valence-electron chi connectivity index (χ2n) is 4.14. The van der Waals surface area contributed by atoms with Crippen LogP contribution in [0.5, 0.6) is 0 Å². The number of nitrogens with one attached hydrogen (secondary N) is 3. The molecule has 2 aromatic rings.